The summed E-state index contributed by atoms with van der Waals surface area (Å²) in [6.45, 7) is 3.53. The van der Waals surface area contributed by atoms with Gasteiger partial charge in [-0.1, -0.05) is 6.07 Å². The van der Waals surface area contributed by atoms with Gasteiger partial charge in [0.25, 0.3) is 0 Å². The highest BCUT2D eigenvalue weighted by Crippen LogP contribution is 2.27. The molecular weight excluding hydrogens is 326 g/mol. The van der Waals surface area contributed by atoms with Crippen molar-refractivity contribution in [2.24, 2.45) is 5.92 Å². The van der Waals surface area contributed by atoms with Crippen molar-refractivity contribution >= 4 is 23.2 Å². The Bertz CT molecular complexity index is 851. The first-order valence-corrected chi connectivity index (χ1v) is 7.98. The van der Waals surface area contributed by atoms with Crippen molar-refractivity contribution < 1.29 is 18.4 Å². The number of halogens is 2. The average Bonchev–Trinajstić information content (AvgIpc) is 2.95. The van der Waals surface area contributed by atoms with Crippen LogP contribution in [0.1, 0.15) is 17.5 Å². The van der Waals surface area contributed by atoms with E-state index in [9.17, 15) is 18.4 Å². The molecule has 3 rings (SSSR count). The standard InChI is InChI=1S/C19H18F2N2O2/c1-11-3-5-15(9-16(11)21)23-10-13(8-18(23)24)19(25)22-17-6-4-14(20)7-12(17)2/h3-7,9,13H,8,10H2,1-2H3,(H,22,25). The first kappa shape index (κ1) is 17.1. The van der Waals surface area contributed by atoms with Crippen LogP contribution in [0, 0.1) is 31.4 Å². The van der Waals surface area contributed by atoms with E-state index in [1.54, 1.807) is 26.0 Å². The molecule has 2 amide bonds. The third kappa shape index (κ3) is 3.52. The van der Waals surface area contributed by atoms with Crippen LogP contribution in [0.25, 0.3) is 0 Å². The van der Waals surface area contributed by atoms with E-state index in [0.29, 0.717) is 22.5 Å². The van der Waals surface area contributed by atoms with Crippen LogP contribution in [0.4, 0.5) is 20.2 Å². The molecule has 0 spiro atoms. The molecule has 6 heteroatoms. The van der Waals surface area contributed by atoms with Gasteiger partial charge in [0.15, 0.2) is 0 Å². The minimum Gasteiger partial charge on any atom is -0.326 e. The van der Waals surface area contributed by atoms with Crippen LogP contribution in [0.5, 0.6) is 0 Å². The number of nitrogens with one attached hydrogen (secondary N) is 1. The molecule has 0 saturated carbocycles. The monoisotopic (exact) mass is 344 g/mol. The molecule has 1 fully saturated rings. The fourth-order valence-corrected chi connectivity index (χ4v) is 2.88. The smallest absolute Gasteiger partial charge is 0.229 e. The number of rotatable bonds is 3. The van der Waals surface area contributed by atoms with Crippen molar-refractivity contribution in [3.05, 3.63) is 59.2 Å². The number of amides is 2. The first-order chi connectivity index (χ1) is 11.8. The van der Waals surface area contributed by atoms with Gasteiger partial charge in [-0.3, -0.25) is 9.59 Å². The first-order valence-electron chi connectivity index (χ1n) is 7.98. The molecule has 0 radical (unpaired) electrons. The quantitative estimate of drug-likeness (QED) is 0.925. The van der Waals surface area contributed by atoms with Crippen molar-refractivity contribution in [2.75, 3.05) is 16.8 Å². The molecule has 130 valence electrons. The van der Waals surface area contributed by atoms with Crippen molar-refractivity contribution in [2.45, 2.75) is 20.3 Å². The maximum Gasteiger partial charge on any atom is 0.229 e. The number of benzene rings is 2. The van der Waals surface area contributed by atoms with E-state index in [1.807, 2.05) is 0 Å². The lowest BCUT2D eigenvalue weighted by atomic mass is 10.1. The zero-order chi connectivity index (χ0) is 18.1. The van der Waals surface area contributed by atoms with Crippen LogP contribution in [0.15, 0.2) is 36.4 Å². The molecule has 0 aliphatic carbocycles. The summed E-state index contributed by atoms with van der Waals surface area (Å²) in [5, 5.41) is 2.73. The Labute approximate surface area is 144 Å². The highest BCUT2D eigenvalue weighted by molar-refractivity contribution is 6.03. The summed E-state index contributed by atoms with van der Waals surface area (Å²) < 4.78 is 26.9. The van der Waals surface area contributed by atoms with E-state index >= 15 is 0 Å². The molecule has 0 aromatic heterocycles. The molecule has 1 heterocycles. The summed E-state index contributed by atoms with van der Waals surface area (Å²) in [4.78, 5) is 26.1. The fraction of sp³-hybridized carbons (Fsp3) is 0.263. The molecule has 1 aliphatic heterocycles. The van der Waals surface area contributed by atoms with Crippen LogP contribution in [-0.2, 0) is 9.59 Å². The molecule has 25 heavy (non-hydrogen) atoms. The van der Waals surface area contributed by atoms with Crippen LogP contribution in [0.3, 0.4) is 0 Å². The third-order valence-corrected chi connectivity index (χ3v) is 4.41. The molecule has 0 bridgehead atoms. The largest absolute Gasteiger partial charge is 0.326 e. The van der Waals surface area contributed by atoms with Crippen molar-refractivity contribution in [1.29, 1.82) is 0 Å². The number of hydrogen-bond donors (Lipinski definition) is 1. The van der Waals surface area contributed by atoms with Crippen LogP contribution >= 0.6 is 0 Å². The van der Waals surface area contributed by atoms with Gasteiger partial charge in [0.05, 0.1) is 5.92 Å². The van der Waals surface area contributed by atoms with Gasteiger partial charge in [-0.05, 0) is 55.3 Å². The Morgan fingerprint density at radius 3 is 2.56 bits per heavy atom. The Morgan fingerprint density at radius 2 is 1.88 bits per heavy atom. The van der Waals surface area contributed by atoms with Crippen LogP contribution in [0.2, 0.25) is 0 Å². The molecule has 1 atom stereocenters. The van der Waals surface area contributed by atoms with Crippen molar-refractivity contribution in [3.63, 3.8) is 0 Å². The molecule has 1 N–H and O–H groups in total. The molecule has 1 saturated heterocycles. The highest BCUT2D eigenvalue weighted by Gasteiger charge is 2.35. The normalized spacial score (nSPS) is 17.0. The predicted octanol–water partition coefficient (Wildman–Crippen LogP) is 3.57. The SMILES string of the molecule is Cc1ccc(N2CC(C(=O)Nc3ccc(F)cc3C)CC2=O)cc1F. The lowest BCUT2D eigenvalue weighted by Gasteiger charge is -2.17. The number of carbonyl (C=O) groups excluding carboxylic acids is 2. The summed E-state index contributed by atoms with van der Waals surface area (Å²) in [5.41, 5.74) is 2.06. The highest BCUT2D eigenvalue weighted by atomic mass is 19.1. The Balaban J connectivity index is 1.73. The van der Waals surface area contributed by atoms with E-state index < -0.39 is 5.92 Å². The number of anilines is 2. The van der Waals surface area contributed by atoms with Crippen LogP contribution < -0.4 is 10.2 Å². The van der Waals surface area contributed by atoms with E-state index in [1.165, 1.54) is 29.2 Å². The minimum atomic E-state index is -0.540. The number of aryl methyl sites for hydroxylation is 2. The zero-order valence-corrected chi connectivity index (χ0v) is 14.0. The minimum absolute atomic E-state index is 0.0571. The molecular formula is C19H18F2N2O2. The number of nitrogens with zero attached hydrogens (tertiary/aromatic N) is 1. The fourth-order valence-electron chi connectivity index (χ4n) is 2.88. The van der Waals surface area contributed by atoms with Gasteiger partial charge < -0.3 is 10.2 Å². The second-order valence-corrected chi connectivity index (χ2v) is 6.29. The third-order valence-electron chi connectivity index (χ3n) is 4.41. The Hall–Kier alpha value is -2.76. The second kappa shape index (κ2) is 6.63. The van der Waals surface area contributed by atoms with Crippen molar-refractivity contribution in [3.8, 4) is 0 Å². The van der Waals surface area contributed by atoms with E-state index in [4.69, 9.17) is 0 Å². The van der Waals surface area contributed by atoms with Gasteiger partial charge in [-0.15, -0.1) is 0 Å². The van der Waals surface area contributed by atoms with E-state index in [-0.39, 0.29) is 36.4 Å². The Kier molecular flexibility index (Phi) is 4.53. The maximum atomic E-state index is 13.7. The zero-order valence-electron chi connectivity index (χ0n) is 14.0. The summed E-state index contributed by atoms with van der Waals surface area (Å²) in [7, 11) is 0. The summed E-state index contributed by atoms with van der Waals surface area (Å²) >= 11 is 0. The Morgan fingerprint density at radius 1 is 1.12 bits per heavy atom. The molecule has 1 aliphatic rings. The summed E-state index contributed by atoms with van der Waals surface area (Å²) in [5.74, 6) is -1.84. The van der Waals surface area contributed by atoms with Gasteiger partial charge >= 0.3 is 0 Å². The van der Waals surface area contributed by atoms with E-state index in [0.717, 1.165) is 0 Å². The lowest BCUT2D eigenvalue weighted by Crippen LogP contribution is -2.28. The van der Waals surface area contributed by atoms with Gasteiger partial charge in [0.1, 0.15) is 11.6 Å². The topological polar surface area (TPSA) is 49.4 Å². The summed E-state index contributed by atoms with van der Waals surface area (Å²) in [6.07, 6.45) is 0.0571. The van der Waals surface area contributed by atoms with E-state index in [2.05, 4.69) is 5.32 Å². The maximum absolute atomic E-state index is 13.7. The van der Waals surface area contributed by atoms with Crippen LogP contribution in [-0.4, -0.2) is 18.4 Å². The van der Waals surface area contributed by atoms with Gasteiger partial charge in [-0.25, -0.2) is 8.78 Å². The van der Waals surface area contributed by atoms with Gasteiger partial charge in [0, 0.05) is 24.3 Å². The van der Waals surface area contributed by atoms with Crippen molar-refractivity contribution in [1.82, 2.24) is 0 Å². The lowest BCUT2D eigenvalue weighted by molar-refractivity contribution is -0.122. The molecule has 4 nitrogen and oxygen atoms in total. The average molecular weight is 344 g/mol. The predicted molar refractivity (Wildman–Crippen MR) is 91.4 cm³/mol. The second-order valence-electron chi connectivity index (χ2n) is 6.29. The number of carbonyl (C=O) groups is 2. The number of hydrogen-bond acceptors (Lipinski definition) is 2. The van der Waals surface area contributed by atoms with Gasteiger partial charge in [0.2, 0.25) is 11.8 Å². The molecule has 2 aromatic rings. The van der Waals surface area contributed by atoms with Gasteiger partial charge in [-0.2, -0.15) is 0 Å². The molecule has 1 unspecified atom stereocenters. The molecule has 2 aromatic carbocycles. The summed E-state index contributed by atoms with van der Waals surface area (Å²) in [6, 6.07) is 8.67.